The number of primary amides is 1. The number of nitrogens with two attached hydrogens (primary N) is 1. The lowest BCUT2D eigenvalue weighted by Crippen LogP contribution is -2.36. The van der Waals surface area contributed by atoms with Crippen LogP contribution in [0.4, 0.5) is 5.82 Å². The molecule has 184 valence electrons. The fraction of sp³-hybridized carbons (Fsp3) is 0.286. The Kier molecular flexibility index (Phi) is 6.28. The normalized spacial score (nSPS) is 14.1. The van der Waals surface area contributed by atoms with E-state index in [9.17, 15) is 4.79 Å². The highest BCUT2D eigenvalue weighted by Crippen LogP contribution is 2.33. The summed E-state index contributed by atoms with van der Waals surface area (Å²) in [5.41, 5.74) is 10.6. The van der Waals surface area contributed by atoms with E-state index >= 15 is 0 Å². The highest BCUT2D eigenvalue weighted by molar-refractivity contribution is 5.88. The molecule has 5 rings (SSSR count). The summed E-state index contributed by atoms with van der Waals surface area (Å²) in [6.45, 7) is 9.47. The molecule has 1 amide bonds. The molecule has 4 aromatic rings. The van der Waals surface area contributed by atoms with Gasteiger partial charge in [-0.25, -0.2) is 14.6 Å². The molecule has 2 aromatic heterocycles. The zero-order chi connectivity index (χ0) is 25.3. The van der Waals surface area contributed by atoms with E-state index in [1.165, 1.54) is 11.1 Å². The number of carbonyl (C=O) groups excluding carboxylic acids is 1. The minimum Gasteiger partial charge on any atom is -0.378 e. The Hall–Kier alpha value is -4.04. The third kappa shape index (κ3) is 4.59. The lowest BCUT2D eigenvalue weighted by atomic mass is 9.78. The standard InChI is InChI=1S/C28H30N6O2/c1-19-31-27(26(29)35)32-34(19)24-11-9-23(10-12-24)28(2,3)22-7-4-20(5-8-22)21-6-13-25(30-18-21)33-14-16-36-17-15-33/h4-13,18H,14-17H2,1-3H3,(H2,29,35). The van der Waals surface area contributed by atoms with Crippen LogP contribution in [0.2, 0.25) is 0 Å². The van der Waals surface area contributed by atoms with Gasteiger partial charge in [0.25, 0.3) is 5.91 Å². The maximum Gasteiger partial charge on any atom is 0.288 e. The molecule has 1 fully saturated rings. The minimum atomic E-state index is -0.637. The molecule has 36 heavy (non-hydrogen) atoms. The summed E-state index contributed by atoms with van der Waals surface area (Å²) in [4.78, 5) is 22.5. The number of aryl methyl sites for hydroxylation is 1. The van der Waals surface area contributed by atoms with E-state index in [0.29, 0.717) is 5.82 Å². The van der Waals surface area contributed by atoms with E-state index in [0.717, 1.165) is 48.9 Å². The summed E-state index contributed by atoms with van der Waals surface area (Å²) < 4.78 is 7.06. The first-order valence-corrected chi connectivity index (χ1v) is 12.1. The van der Waals surface area contributed by atoms with Gasteiger partial charge in [0.2, 0.25) is 5.82 Å². The molecule has 0 bridgehead atoms. The number of carbonyl (C=O) groups is 1. The van der Waals surface area contributed by atoms with Crippen molar-refractivity contribution in [2.24, 2.45) is 5.73 Å². The number of hydrogen-bond acceptors (Lipinski definition) is 6. The van der Waals surface area contributed by atoms with Crippen LogP contribution in [-0.4, -0.2) is 52.0 Å². The largest absolute Gasteiger partial charge is 0.378 e. The first-order valence-electron chi connectivity index (χ1n) is 12.1. The molecule has 3 heterocycles. The Bertz CT molecular complexity index is 1350. The van der Waals surface area contributed by atoms with Crippen LogP contribution >= 0.6 is 0 Å². The van der Waals surface area contributed by atoms with E-state index in [1.807, 2.05) is 18.3 Å². The monoisotopic (exact) mass is 482 g/mol. The number of anilines is 1. The molecule has 0 unspecified atom stereocenters. The molecule has 0 radical (unpaired) electrons. The quantitative estimate of drug-likeness (QED) is 0.448. The first-order chi connectivity index (χ1) is 17.3. The predicted molar refractivity (Wildman–Crippen MR) is 139 cm³/mol. The van der Waals surface area contributed by atoms with Gasteiger partial charge in [-0.2, -0.15) is 0 Å². The molecule has 8 nitrogen and oxygen atoms in total. The Morgan fingerprint density at radius 1 is 0.917 bits per heavy atom. The van der Waals surface area contributed by atoms with Crippen molar-refractivity contribution in [1.82, 2.24) is 19.7 Å². The van der Waals surface area contributed by atoms with Crippen LogP contribution in [0, 0.1) is 6.92 Å². The number of hydrogen-bond donors (Lipinski definition) is 1. The van der Waals surface area contributed by atoms with Crippen LogP contribution in [0.15, 0.2) is 66.9 Å². The maximum absolute atomic E-state index is 11.4. The third-order valence-corrected chi connectivity index (χ3v) is 6.85. The van der Waals surface area contributed by atoms with Gasteiger partial charge in [0, 0.05) is 30.3 Å². The van der Waals surface area contributed by atoms with Crippen molar-refractivity contribution < 1.29 is 9.53 Å². The number of nitrogens with zero attached hydrogens (tertiary/aromatic N) is 5. The van der Waals surface area contributed by atoms with Gasteiger partial charge in [-0.05, 0) is 47.9 Å². The summed E-state index contributed by atoms with van der Waals surface area (Å²) in [5.74, 6) is 0.985. The van der Waals surface area contributed by atoms with Crippen molar-refractivity contribution in [3.05, 3.63) is 89.6 Å². The van der Waals surface area contributed by atoms with E-state index in [1.54, 1.807) is 11.6 Å². The summed E-state index contributed by atoms with van der Waals surface area (Å²) in [5, 5.41) is 4.22. The summed E-state index contributed by atoms with van der Waals surface area (Å²) >= 11 is 0. The molecule has 0 spiro atoms. The molecule has 2 aromatic carbocycles. The molecule has 1 aliphatic rings. The van der Waals surface area contributed by atoms with E-state index in [4.69, 9.17) is 10.5 Å². The minimum absolute atomic E-state index is 0.0166. The average Bonchev–Trinajstić information content (AvgIpc) is 3.31. The van der Waals surface area contributed by atoms with Crippen LogP contribution in [0.1, 0.15) is 41.4 Å². The number of amides is 1. The molecular formula is C28H30N6O2. The van der Waals surface area contributed by atoms with Crippen molar-refractivity contribution in [3.8, 4) is 16.8 Å². The Morgan fingerprint density at radius 3 is 2.08 bits per heavy atom. The van der Waals surface area contributed by atoms with Gasteiger partial charge in [-0.1, -0.05) is 50.2 Å². The lowest BCUT2D eigenvalue weighted by molar-refractivity contribution is 0.0990. The van der Waals surface area contributed by atoms with Crippen molar-refractivity contribution in [3.63, 3.8) is 0 Å². The highest BCUT2D eigenvalue weighted by atomic mass is 16.5. The molecular weight excluding hydrogens is 452 g/mol. The van der Waals surface area contributed by atoms with Crippen molar-refractivity contribution in [2.75, 3.05) is 31.2 Å². The second-order valence-electron chi connectivity index (χ2n) is 9.51. The Labute approximate surface area is 210 Å². The van der Waals surface area contributed by atoms with Gasteiger partial charge >= 0.3 is 0 Å². The zero-order valence-corrected chi connectivity index (χ0v) is 20.8. The number of aromatic nitrogens is 4. The number of benzene rings is 2. The van der Waals surface area contributed by atoms with Crippen LogP contribution in [0.5, 0.6) is 0 Å². The van der Waals surface area contributed by atoms with Crippen LogP contribution in [0.25, 0.3) is 16.8 Å². The smallest absolute Gasteiger partial charge is 0.288 e. The highest BCUT2D eigenvalue weighted by Gasteiger charge is 2.23. The Balaban J connectivity index is 1.33. The van der Waals surface area contributed by atoms with Crippen LogP contribution < -0.4 is 10.6 Å². The van der Waals surface area contributed by atoms with E-state index in [2.05, 4.69) is 82.3 Å². The SMILES string of the molecule is Cc1nc(C(N)=O)nn1-c1ccc(C(C)(C)c2ccc(-c3ccc(N4CCOCC4)nc3)cc2)cc1. The van der Waals surface area contributed by atoms with Gasteiger partial charge < -0.3 is 15.4 Å². The fourth-order valence-electron chi connectivity index (χ4n) is 4.54. The maximum atomic E-state index is 11.4. The van der Waals surface area contributed by atoms with Gasteiger partial charge in [-0.15, -0.1) is 5.10 Å². The molecule has 1 aliphatic heterocycles. The summed E-state index contributed by atoms with van der Waals surface area (Å²) in [7, 11) is 0. The molecule has 0 saturated carbocycles. The number of morpholine rings is 1. The summed E-state index contributed by atoms with van der Waals surface area (Å²) in [6.07, 6.45) is 1.94. The number of pyridine rings is 1. The fourth-order valence-corrected chi connectivity index (χ4v) is 4.54. The second kappa shape index (κ2) is 9.54. The zero-order valence-electron chi connectivity index (χ0n) is 20.8. The van der Waals surface area contributed by atoms with Crippen LogP contribution in [-0.2, 0) is 10.2 Å². The van der Waals surface area contributed by atoms with E-state index < -0.39 is 5.91 Å². The number of rotatable bonds is 6. The van der Waals surface area contributed by atoms with Crippen molar-refractivity contribution >= 4 is 11.7 Å². The van der Waals surface area contributed by atoms with Gasteiger partial charge in [0.05, 0.1) is 18.9 Å². The predicted octanol–water partition coefficient (Wildman–Crippen LogP) is 3.90. The summed E-state index contributed by atoms with van der Waals surface area (Å²) in [6, 6.07) is 21.0. The lowest BCUT2D eigenvalue weighted by Gasteiger charge is -2.28. The molecule has 1 saturated heterocycles. The second-order valence-corrected chi connectivity index (χ2v) is 9.51. The van der Waals surface area contributed by atoms with Crippen LogP contribution in [0.3, 0.4) is 0 Å². The van der Waals surface area contributed by atoms with Gasteiger partial charge in [0.1, 0.15) is 11.6 Å². The van der Waals surface area contributed by atoms with Gasteiger partial charge in [-0.3, -0.25) is 4.79 Å². The van der Waals surface area contributed by atoms with Gasteiger partial charge in [0.15, 0.2) is 0 Å². The third-order valence-electron chi connectivity index (χ3n) is 6.85. The van der Waals surface area contributed by atoms with E-state index in [-0.39, 0.29) is 11.2 Å². The first kappa shape index (κ1) is 23.7. The molecule has 0 aliphatic carbocycles. The number of ether oxygens (including phenoxy) is 1. The Morgan fingerprint density at radius 2 is 1.53 bits per heavy atom. The topological polar surface area (TPSA) is 99.2 Å². The molecule has 0 atom stereocenters. The molecule has 2 N–H and O–H groups in total. The average molecular weight is 483 g/mol. The van der Waals surface area contributed by atoms with Crippen molar-refractivity contribution in [1.29, 1.82) is 0 Å². The van der Waals surface area contributed by atoms with Crippen molar-refractivity contribution in [2.45, 2.75) is 26.2 Å². The molecule has 8 heteroatoms.